The Balaban J connectivity index is 2.12. The van der Waals surface area contributed by atoms with Gasteiger partial charge in [-0.05, 0) is 49.8 Å². The van der Waals surface area contributed by atoms with Gasteiger partial charge in [-0.1, -0.05) is 62.4 Å². The number of benzene rings is 1. The van der Waals surface area contributed by atoms with Crippen molar-refractivity contribution in [1.29, 1.82) is 0 Å². The number of hydrogen-bond donors (Lipinski definition) is 0. The van der Waals surface area contributed by atoms with Gasteiger partial charge >= 0.3 is 0 Å². The molecule has 21 heavy (non-hydrogen) atoms. The monoisotopic (exact) mass is 283 g/mol. The Hall–Kier alpha value is -1.34. The van der Waals surface area contributed by atoms with Gasteiger partial charge in [0.25, 0.3) is 0 Å². The Morgan fingerprint density at radius 2 is 2.00 bits per heavy atom. The molecule has 1 heteroatoms. The fraction of sp³-hybridized carbons (Fsp3) is 0.500. The first kappa shape index (κ1) is 16.0. The fourth-order valence-corrected chi connectivity index (χ4v) is 3.49. The van der Waals surface area contributed by atoms with E-state index in [1.54, 1.807) is 5.57 Å². The zero-order chi connectivity index (χ0) is 15.2. The Kier molecular flexibility index (Phi) is 5.81. The molecule has 0 aliphatic heterocycles. The highest BCUT2D eigenvalue weighted by atomic mass is 15.1. The van der Waals surface area contributed by atoms with Gasteiger partial charge in [-0.25, -0.2) is 0 Å². The third kappa shape index (κ3) is 3.85. The molecule has 0 fully saturated rings. The van der Waals surface area contributed by atoms with Crippen LogP contribution in [0.2, 0.25) is 0 Å². The highest BCUT2D eigenvalue weighted by Gasteiger charge is 2.24. The van der Waals surface area contributed by atoms with Crippen molar-refractivity contribution in [2.45, 2.75) is 52.1 Å². The molecule has 0 heterocycles. The third-order valence-corrected chi connectivity index (χ3v) is 4.85. The molecule has 1 nitrogen and oxygen atoms in total. The van der Waals surface area contributed by atoms with Crippen molar-refractivity contribution in [1.82, 2.24) is 4.90 Å². The standard InChI is InChI=1S/C20H29N/c1-5-16-12-13-20(18(7-3)14-16)21(4)15-19-11-9-8-10-17(19)6-2/h6,8-11,14,16,20H,2,5,7,12-13,15H2,1,3-4H3. The van der Waals surface area contributed by atoms with Gasteiger partial charge in [0.05, 0.1) is 0 Å². The molecule has 0 N–H and O–H groups in total. The van der Waals surface area contributed by atoms with Crippen LogP contribution < -0.4 is 0 Å². The van der Waals surface area contributed by atoms with Gasteiger partial charge in [-0.2, -0.15) is 0 Å². The van der Waals surface area contributed by atoms with Crippen LogP contribution in [-0.2, 0) is 6.54 Å². The van der Waals surface area contributed by atoms with Crippen molar-refractivity contribution in [3.05, 3.63) is 53.6 Å². The average Bonchev–Trinajstić information content (AvgIpc) is 2.54. The summed E-state index contributed by atoms with van der Waals surface area (Å²) in [5.74, 6) is 0.796. The predicted octanol–water partition coefficient (Wildman–Crippen LogP) is 5.29. The number of rotatable bonds is 6. The molecule has 2 atom stereocenters. The Bertz CT molecular complexity index is 500. The fourth-order valence-electron chi connectivity index (χ4n) is 3.49. The third-order valence-electron chi connectivity index (χ3n) is 4.85. The van der Waals surface area contributed by atoms with Crippen molar-refractivity contribution in [2.75, 3.05) is 7.05 Å². The van der Waals surface area contributed by atoms with Crippen molar-refractivity contribution < 1.29 is 0 Å². The Morgan fingerprint density at radius 1 is 1.24 bits per heavy atom. The molecule has 0 amide bonds. The summed E-state index contributed by atoms with van der Waals surface area (Å²) >= 11 is 0. The van der Waals surface area contributed by atoms with E-state index in [4.69, 9.17) is 0 Å². The molecule has 0 saturated carbocycles. The summed E-state index contributed by atoms with van der Waals surface area (Å²) in [7, 11) is 2.26. The lowest BCUT2D eigenvalue weighted by molar-refractivity contribution is 0.227. The SMILES string of the molecule is C=Cc1ccccc1CN(C)C1CCC(CC)C=C1CC. The van der Waals surface area contributed by atoms with Crippen LogP contribution in [0.4, 0.5) is 0 Å². The maximum absolute atomic E-state index is 3.93. The van der Waals surface area contributed by atoms with Crippen LogP contribution in [0.3, 0.4) is 0 Å². The summed E-state index contributed by atoms with van der Waals surface area (Å²) in [5, 5.41) is 0. The average molecular weight is 283 g/mol. The van der Waals surface area contributed by atoms with Gasteiger partial charge in [-0.3, -0.25) is 4.90 Å². The topological polar surface area (TPSA) is 3.24 Å². The van der Waals surface area contributed by atoms with Crippen LogP contribution in [0.25, 0.3) is 6.08 Å². The van der Waals surface area contributed by atoms with Gasteiger partial charge in [0.15, 0.2) is 0 Å². The van der Waals surface area contributed by atoms with Crippen LogP contribution in [0.15, 0.2) is 42.5 Å². The van der Waals surface area contributed by atoms with Crippen molar-refractivity contribution in [2.24, 2.45) is 5.92 Å². The van der Waals surface area contributed by atoms with Gasteiger partial charge in [-0.15, -0.1) is 0 Å². The highest BCUT2D eigenvalue weighted by molar-refractivity contribution is 5.51. The van der Waals surface area contributed by atoms with Crippen LogP contribution in [0, 0.1) is 5.92 Å². The smallest absolute Gasteiger partial charge is 0.0308 e. The van der Waals surface area contributed by atoms with E-state index in [9.17, 15) is 0 Å². The van der Waals surface area contributed by atoms with Crippen molar-refractivity contribution >= 4 is 6.08 Å². The number of allylic oxidation sites excluding steroid dienone is 1. The summed E-state index contributed by atoms with van der Waals surface area (Å²) < 4.78 is 0. The maximum atomic E-state index is 3.93. The molecule has 1 aromatic carbocycles. The minimum Gasteiger partial charge on any atom is -0.295 e. The summed E-state index contributed by atoms with van der Waals surface area (Å²) in [4.78, 5) is 2.52. The second-order valence-electron chi connectivity index (χ2n) is 6.17. The first-order chi connectivity index (χ1) is 10.2. The summed E-state index contributed by atoms with van der Waals surface area (Å²) in [6, 6.07) is 9.20. The van der Waals surface area contributed by atoms with Crippen LogP contribution in [-0.4, -0.2) is 18.0 Å². The van der Waals surface area contributed by atoms with Gasteiger partial charge in [0.2, 0.25) is 0 Å². The van der Waals surface area contributed by atoms with E-state index in [1.165, 1.54) is 36.8 Å². The zero-order valence-electron chi connectivity index (χ0n) is 13.8. The number of hydrogen-bond acceptors (Lipinski definition) is 1. The largest absolute Gasteiger partial charge is 0.295 e. The lowest BCUT2D eigenvalue weighted by Gasteiger charge is -2.35. The van der Waals surface area contributed by atoms with Crippen LogP contribution >= 0.6 is 0 Å². The molecule has 0 saturated heterocycles. The summed E-state index contributed by atoms with van der Waals surface area (Å²) in [5.41, 5.74) is 4.27. The minimum atomic E-state index is 0.607. The molecule has 2 unspecified atom stereocenters. The zero-order valence-corrected chi connectivity index (χ0v) is 13.8. The summed E-state index contributed by atoms with van der Waals surface area (Å²) in [6.45, 7) is 9.53. The molecule has 0 aromatic heterocycles. The van der Waals surface area contributed by atoms with Gasteiger partial charge in [0.1, 0.15) is 0 Å². The highest BCUT2D eigenvalue weighted by Crippen LogP contribution is 2.31. The molecule has 1 aliphatic rings. The van der Waals surface area contributed by atoms with Crippen molar-refractivity contribution in [3.8, 4) is 0 Å². The molecule has 0 bridgehead atoms. The van der Waals surface area contributed by atoms with E-state index in [0.29, 0.717) is 6.04 Å². The van der Waals surface area contributed by atoms with E-state index < -0.39 is 0 Å². The van der Waals surface area contributed by atoms with E-state index in [0.717, 1.165) is 12.5 Å². The van der Waals surface area contributed by atoms with Gasteiger partial charge in [0, 0.05) is 12.6 Å². The molecule has 1 aromatic rings. The molecule has 0 radical (unpaired) electrons. The van der Waals surface area contributed by atoms with Crippen LogP contribution in [0.5, 0.6) is 0 Å². The summed E-state index contributed by atoms with van der Waals surface area (Å²) in [6.07, 6.45) is 9.59. The Morgan fingerprint density at radius 3 is 2.67 bits per heavy atom. The van der Waals surface area contributed by atoms with Crippen molar-refractivity contribution in [3.63, 3.8) is 0 Å². The first-order valence-corrected chi connectivity index (χ1v) is 8.30. The lowest BCUT2D eigenvalue weighted by Crippen LogP contribution is -2.35. The quantitative estimate of drug-likeness (QED) is 0.641. The van der Waals surface area contributed by atoms with E-state index in [1.807, 2.05) is 6.08 Å². The number of nitrogens with zero attached hydrogens (tertiary/aromatic N) is 1. The molecule has 2 rings (SSSR count). The normalized spacial score (nSPS) is 22.2. The lowest BCUT2D eigenvalue weighted by atomic mass is 9.83. The second kappa shape index (κ2) is 7.61. The first-order valence-electron chi connectivity index (χ1n) is 8.30. The van der Waals surface area contributed by atoms with Crippen LogP contribution in [0.1, 0.15) is 50.7 Å². The molecule has 0 spiro atoms. The Labute approximate surface area is 130 Å². The second-order valence-corrected chi connectivity index (χ2v) is 6.17. The van der Waals surface area contributed by atoms with E-state index in [2.05, 4.69) is 62.7 Å². The molecular formula is C20H29N. The van der Waals surface area contributed by atoms with E-state index in [-0.39, 0.29) is 0 Å². The van der Waals surface area contributed by atoms with E-state index >= 15 is 0 Å². The predicted molar refractivity (Wildman–Crippen MR) is 93.2 cm³/mol. The molecular weight excluding hydrogens is 254 g/mol. The van der Waals surface area contributed by atoms with Gasteiger partial charge < -0.3 is 0 Å². The molecule has 114 valence electrons. The maximum Gasteiger partial charge on any atom is 0.0308 e. The minimum absolute atomic E-state index is 0.607. The number of likely N-dealkylation sites (N-methyl/N-ethyl adjacent to an activating group) is 1. The molecule has 1 aliphatic carbocycles.